The topological polar surface area (TPSA) is 63.6 Å². The van der Waals surface area contributed by atoms with E-state index in [9.17, 15) is 9.18 Å². The Morgan fingerprint density at radius 1 is 1.04 bits per heavy atom. The number of benzene rings is 2. The molecule has 4 rings (SSSR count). The Morgan fingerprint density at radius 3 is 2.58 bits per heavy atom. The van der Waals surface area contributed by atoms with Gasteiger partial charge in [0.05, 0.1) is 12.9 Å². The first kappa shape index (κ1) is 14.3. The maximum Gasteiger partial charge on any atom is 0.277 e. The molecule has 0 aliphatic rings. The number of hydrogen-bond acceptors (Lipinski definition) is 3. The van der Waals surface area contributed by atoms with Crippen LogP contribution in [-0.4, -0.2) is 19.5 Å². The van der Waals surface area contributed by atoms with E-state index in [1.165, 1.54) is 12.4 Å². The van der Waals surface area contributed by atoms with Crippen molar-refractivity contribution in [2.75, 3.05) is 0 Å². The zero-order valence-corrected chi connectivity index (χ0v) is 12.6. The number of nitrogens with zero attached hydrogens (tertiary/aromatic N) is 3. The number of aromatic nitrogens is 4. The van der Waals surface area contributed by atoms with Gasteiger partial charge < -0.3 is 9.55 Å². The summed E-state index contributed by atoms with van der Waals surface area (Å²) >= 11 is 0. The molecule has 0 atom stereocenters. The molecule has 24 heavy (non-hydrogen) atoms. The molecule has 0 aliphatic heterocycles. The van der Waals surface area contributed by atoms with Gasteiger partial charge in [-0.15, -0.1) is 0 Å². The van der Waals surface area contributed by atoms with Crippen LogP contribution in [0.2, 0.25) is 0 Å². The molecule has 0 bridgehead atoms. The van der Waals surface area contributed by atoms with Crippen molar-refractivity contribution in [2.45, 2.75) is 6.54 Å². The first-order chi connectivity index (χ1) is 11.7. The van der Waals surface area contributed by atoms with Crippen molar-refractivity contribution in [3.05, 3.63) is 82.7 Å². The predicted octanol–water partition coefficient (Wildman–Crippen LogP) is 2.97. The number of aromatic amines is 1. The average Bonchev–Trinajstić information content (AvgIpc) is 3.01. The third-order valence-corrected chi connectivity index (χ3v) is 3.83. The van der Waals surface area contributed by atoms with Gasteiger partial charge in [-0.2, -0.15) is 0 Å². The van der Waals surface area contributed by atoms with Gasteiger partial charge in [-0.1, -0.05) is 48.5 Å². The van der Waals surface area contributed by atoms with E-state index in [0.717, 1.165) is 5.56 Å². The summed E-state index contributed by atoms with van der Waals surface area (Å²) in [5, 5.41) is 0. The first-order valence-corrected chi connectivity index (χ1v) is 7.46. The lowest BCUT2D eigenvalue weighted by molar-refractivity contribution is 0.601. The van der Waals surface area contributed by atoms with Gasteiger partial charge in [0.2, 0.25) is 0 Å². The van der Waals surface area contributed by atoms with Crippen LogP contribution in [0.1, 0.15) is 5.56 Å². The van der Waals surface area contributed by atoms with Crippen LogP contribution in [-0.2, 0) is 6.54 Å². The summed E-state index contributed by atoms with van der Waals surface area (Å²) in [5.41, 5.74) is 1.67. The number of halogens is 1. The van der Waals surface area contributed by atoms with Gasteiger partial charge in [-0.3, -0.25) is 4.79 Å². The highest BCUT2D eigenvalue weighted by Crippen LogP contribution is 2.16. The number of H-pyrrole nitrogens is 1. The van der Waals surface area contributed by atoms with E-state index >= 15 is 0 Å². The second-order valence-corrected chi connectivity index (χ2v) is 5.42. The number of rotatable bonds is 3. The Labute approximate surface area is 136 Å². The van der Waals surface area contributed by atoms with Crippen molar-refractivity contribution in [1.29, 1.82) is 0 Å². The van der Waals surface area contributed by atoms with Crippen molar-refractivity contribution in [3.8, 4) is 11.4 Å². The predicted molar refractivity (Wildman–Crippen MR) is 89.1 cm³/mol. The number of imidazole rings is 1. The van der Waals surface area contributed by atoms with Crippen molar-refractivity contribution in [2.24, 2.45) is 0 Å². The molecule has 2 heterocycles. The standard InChI is InChI=1S/C18H13FN4O/c19-14-9-5-4-8-13(14)10-23-11-20-17-15(23)18(24)22-16(21-17)12-6-2-1-3-7-12/h1-9,11H,10H2,(H,21,22,24). The van der Waals surface area contributed by atoms with Gasteiger partial charge >= 0.3 is 0 Å². The fraction of sp³-hybridized carbons (Fsp3) is 0.0556. The molecule has 2 aromatic carbocycles. The molecule has 2 aromatic heterocycles. The SMILES string of the molecule is O=c1[nH]c(-c2ccccc2)nc2ncn(Cc3ccccc3F)c12. The maximum absolute atomic E-state index is 13.8. The van der Waals surface area contributed by atoms with Gasteiger partial charge in [-0.05, 0) is 6.07 Å². The second kappa shape index (κ2) is 5.73. The summed E-state index contributed by atoms with van der Waals surface area (Å²) in [7, 11) is 0. The van der Waals surface area contributed by atoms with Crippen LogP contribution in [0, 0.1) is 5.82 Å². The molecular weight excluding hydrogens is 307 g/mol. The van der Waals surface area contributed by atoms with Crippen LogP contribution in [0.3, 0.4) is 0 Å². The van der Waals surface area contributed by atoms with Crippen LogP contribution in [0.4, 0.5) is 4.39 Å². The van der Waals surface area contributed by atoms with Crippen LogP contribution in [0.25, 0.3) is 22.6 Å². The molecule has 0 amide bonds. The highest BCUT2D eigenvalue weighted by atomic mass is 19.1. The van der Waals surface area contributed by atoms with Crippen molar-refractivity contribution >= 4 is 11.2 Å². The molecule has 1 N–H and O–H groups in total. The number of nitrogens with one attached hydrogen (secondary N) is 1. The zero-order valence-electron chi connectivity index (χ0n) is 12.6. The number of hydrogen-bond donors (Lipinski definition) is 1. The van der Waals surface area contributed by atoms with E-state index < -0.39 is 0 Å². The fourth-order valence-corrected chi connectivity index (χ4v) is 2.65. The van der Waals surface area contributed by atoms with Gasteiger partial charge in [0.15, 0.2) is 11.2 Å². The van der Waals surface area contributed by atoms with Crippen LogP contribution in [0.5, 0.6) is 0 Å². The second-order valence-electron chi connectivity index (χ2n) is 5.42. The van der Waals surface area contributed by atoms with E-state index in [4.69, 9.17) is 0 Å². The molecular formula is C18H13FN4O. The van der Waals surface area contributed by atoms with E-state index in [1.807, 2.05) is 30.3 Å². The lowest BCUT2D eigenvalue weighted by Crippen LogP contribution is -2.14. The molecule has 0 aliphatic carbocycles. The highest BCUT2D eigenvalue weighted by molar-refractivity contribution is 5.72. The summed E-state index contributed by atoms with van der Waals surface area (Å²) in [5.74, 6) is 0.147. The smallest absolute Gasteiger partial charge is 0.277 e. The largest absolute Gasteiger partial charge is 0.320 e. The maximum atomic E-state index is 13.8. The van der Waals surface area contributed by atoms with Gasteiger partial charge in [-0.25, -0.2) is 14.4 Å². The molecule has 6 heteroatoms. The molecule has 0 radical (unpaired) electrons. The van der Waals surface area contributed by atoms with Crippen LogP contribution < -0.4 is 5.56 Å². The fourth-order valence-electron chi connectivity index (χ4n) is 2.65. The average molecular weight is 320 g/mol. The number of fused-ring (bicyclic) bond motifs is 1. The Morgan fingerprint density at radius 2 is 1.79 bits per heavy atom. The Hall–Kier alpha value is -3.28. The minimum absolute atomic E-state index is 0.221. The lowest BCUT2D eigenvalue weighted by atomic mass is 10.2. The van der Waals surface area contributed by atoms with Crippen LogP contribution >= 0.6 is 0 Å². The van der Waals surface area contributed by atoms with Gasteiger partial charge in [0.25, 0.3) is 5.56 Å². The normalized spacial score (nSPS) is 11.0. The molecule has 0 saturated heterocycles. The third kappa shape index (κ3) is 2.48. The van der Waals surface area contributed by atoms with Crippen LogP contribution in [0.15, 0.2) is 65.7 Å². The van der Waals surface area contributed by atoms with E-state index in [-0.39, 0.29) is 17.9 Å². The summed E-state index contributed by atoms with van der Waals surface area (Å²) in [4.78, 5) is 23.9. The third-order valence-electron chi connectivity index (χ3n) is 3.83. The zero-order chi connectivity index (χ0) is 16.5. The summed E-state index contributed by atoms with van der Waals surface area (Å²) in [6.45, 7) is 0.221. The Bertz CT molecular complexity index is 1070. The first-order valence-electron chi connectivity index (χ1n) is 7.46. The van der Waals surface area contributed by atoms with Gasteiger partial charge in [0.1, 0.15) is 11.6 Å². The van der Waals surface area contributed by atoms with E-state index in [2.05, 4.69) is 15.0 Å². The minimum atomic E-state index is -0.315. The molecule has 0 fully saturated rings. The molecule has 5 nitrogen and oxygen atoms in total. The summed E-state index contributed by atoms with van der Waals surface area (Å²) < 4.78 is 15.4. The van der Waals surface area contributed by atoms with E-state index in [1.54, 1.807) is 22.8 Å². The van der Waals surface area contributed by atoms with Crippen molar-refractivity contribution in [3.63, 3.8) is 0 Å². The summed E-state index contributed by atoms with van der Waals surface area (Å²) in [6, 6.07) is 15.8. The van der Waals surface area contributed by atoms with Crippen molar-refractivity contribution in [1.82, 2.24) is 19.5 Å². The minimum Gasteiger partial charge on any atom is -0.320 e. The summed E-state index contributed by atoms with van der Waals surface area (Å²) in [6.07, 6.45) is 1.51. The van der Waals surface area contributed by atoms with Crippen molar-refractivity contribution < 1.29 is 4.39 Å². The molecule has 4 aromatic rings. The molecule has 118 valence electrons. The van der Waals surface area contributed by atoms with E-state index in [0.29, 0.717) is 22.6 Å². The highest BCUT2D eigenvalue weighted by Gasteiger charge is 2.12. The Balaban J connectivity index is 1.80. The van der Waals surface area contributed by atoms with Gasteiger partial charge in [0, 0.05) is 11.1 Å². The molecule has 0 saturated carbocycles. The quantitative estimate of drug-likeness (QED) is 0.631. The lowest BCUT2D eigenvalue weighted by Gasteiger charge is -2.05. The monoisotopic (exact) mass is 320 g/mol. The molecule has 0 spiro atoms. The Kier molecular flexibility index (Phi) is 3.42. The molecule has 0 unspecified atom stereocenters.